The molecule has 13 rings (SSSR count). The summed E-state index contributed by atoms with van der Waals surface area (Å²) in [5, 5.41) is 9.56. The molecule has 0 fully saturated rings. The third-order valence-corrected chi connectivity index (χ3v) is 13.2. The van der Waals surface area contributed by atoms with Gasteiger partial charge in [-0.2, -0.15) is 0 Å². The van der Waals surface area contributed by atoms with Crippen molar-refractivity contribution in [3.8, 4) is 28.6 Å². The Bertz CT molecular complexity index is 3770. The average molecular weight is 772 g/mol. The zero-order valence-corrected chi connectivity index (χ0v) is 32.5. The Morgan fingerprint density at radius 2 is 0.678 bits per heavy atom. The predicted octanol–water partition coefficient (Wildman–Crippen LogP) is 15.1. The van der Waals surface area contributed by atoms with Crippen LogP contribution in [0.1, 0.15) is 0 Å². The van der Waals surface area contributed by atoms with Gasteiger partial charge >= 0.3 is 0 Å². The zero-order chi connectivity index (χ0) is 38.6. The van der Waals surface area contributed by atoms with Crippen molar-refractivity contribution >= 4 is 96.9 Å². The first-order valence-electron chi connectivity index (χ1n) is 20.0. The normalized spacial score (nSPS) is 12.1. The van der Waals surface area contributed by atoms with Crippen LogP contribution in [-0.2, 0) is 0 Å². The first kappa shape index (κ1) is 32.5. The van der Waals surface area contributed by atoms with Crippen molar-refractivity contribution in [3.05, 3.63) is 200 Å². The fourth-order valence-electron chi connectivity index (χ4n) is 9.63. The van der Waals surface area contributed by atoms with E-state index in [1.807, 2.05) is 11.3 Å². The third-order valence-electron chi connectivity index (χ3n) is 12.1. The molecule has 0 saturated carbocycles. The molecule has 59 heavy (non-hydrogen) atoms. The average Bonchev–Trinajstić information content (AvgIpc) is 4.03. The van der Waals surface area contributed by atoms with Gasteiger partial charge in [-0.3, -0.25) is 0 Å². The molecule has 0 atom stereocenters. The highest BCUT2D eigenvalue weighted by Gasteiger charge is 2.21. The molecule has 0 radical (unpaired) electrons. The Balaban J connectivity index is 0.990. The van der Waals surface area contributed by atoms with Gasteiger partial charge in [-0.1, -0.05) is 103 Å². The number of rotatable bonds is 5. The van der Waals surface area contributed by atoms with Gasteiger partial charge in [0.2, 0.25) is 0 Å². The standard InChI is InChI=1S/C54H33N3OS/c1-2-14-34(15-3-1)55-45-22-10-6-18-39(45)53-47(55)24-12-26-49(53)58-50-27-13-25-48-54(50)40-19-7-11-23-46(40)57(48)36-29-31-52-42(33-36)41-32-35(28-30-51(41)59-52)56-43-20-8-4-16-37(43)38-17-5-9-21-44(38)56/h1-33H. The number of hydrogen-bond acceptors (Lipinski definition) is 2. The van der Waals surface area contributed by atoms with Gasteiger partial charge < -0.3 is 18.4 Å². The number of thiophene rings is 1. The Hall–Kier alpha value is -7.60. The van der Waals surface area contributed by atoms with Gasteiger partial charge in [0, 0.05) is 58.8 Å². The summed E-state index contributed by atoms with van der Waals surface area (Å²) in [7, 11) is 0. The molecular formula is C54H33N3OS. The second-order valence-electron chi connectivity index (χ2n) is 15.3. The molecule has 4 aromatic heterocycles. The molecule has 276 valence electrons. The summed E-state index contributed by atoms with van der Waals surface area (Å²) < 4.78 is 16.8. The van der Waals surface area contributed by atoms with Crippen LogP contribution < -0.4 is 4.74 Å². The van der Waals surface area contributed by atoms with E-state index in [1.165, 1.54) is 47.7 Å². The van der Waals surface area contributed by atoms with Crippen LogP contribution in [0.4, 0.5) is 0 Å². The number of para-hydroxylation sites is 5. The monoisotopic (exact) mass is 771 g/mol. The van der Waals surface area contributed by atoms with Crippen molar-refractivity contribution in [1.82, 2.24) is 13.7 Å². The van der Waals surface area contributed by atoms with Crippen LogP contribution >= 0.6 is 11.3 Å². The van der Waals surface area contributed by atoms with E-state index in [-0.39, 0.29) is 0 Å². The van der Waals surface area contributed by atoms with Gasteiger partial charge in [-0.15, -0.1) is 11.3 Å². The lowest BCUT2D eigenvalue weighted by Crippen LogP contribution is -1.94. The fraction of sp³-hybridized carbons (Fsp3) is 0. The van der Waals surface area contributed by atoms with Crippen LogP contribution in [0.25, 0.3) is 103 Å². The first-order valence-corrected chi connectivity index (χ1v) is 20.8. The second-order valence-corrected chi connectivity index (χ2v) is 16.4. The molecule has 0 spiro atoms. The van der Waals surface area contributed by atoms with Crippen molar-refractivity contribution in [1.29, 1.82) is 0 Å². The molecule has 9 aromatic carbocycles. The number of benzene rings is 9. The highest BCUT2D eigenvalue weighted by molar-refractivity contribution is 7.25. The number of fused-ring (bicyclic) bond motifs is 12. The molecule has 13 aromatic rings. The zero-order valence-electron chi connectivity index (χ0n) is 31.7. The predicted molar refractivity (Wildman–Crippen MR) is 249 cm³/mol. The van der Waals surface area contributed by atoms with Crippen molar-refractivity contribution in [2.24, 2.45) is 0 Å². The van der Waals surface area contributed by atoms with E-state index >= 15 is 0 Å². The number of aromatic nitrogens is 3. The van der Waals surface area contributed by atoms with Crippen molar-refractivity contribution in [3.63, 3.8) is 0 Å². The summed E-state index contributed by atoms with van der Waals surface area (Å²) >= 11 is 1.85. The van der Waals surface area contributed by atoms with Crippen molar-refractivity contribution in [2.75, 3.05) is 0 Å². The minimum Gasteiger partial charge on any atom is -0.456 e. The van der Waals surface area contributed by atoms with Crippen LogP contribution in [0, 0.1) is 0 Å². The Labute approximate surface area is 342 Å². The Morgan fingerprint density at radius 1 is 0.288 bits per heavy atom. The van der Waals surface area contributed by atoms with Gasteiger partial charge in [0.25, 0.3) is 0 Å². The molecule has 0 saturated heterocycles. The van der Waals surface area contributed by atoms with E-state index in [2.05, 4.69) is 214 Å². The van der Waals surface area contributed by atoms with Crippen LogP contribution in [0.15, 0.2) is 200 Å². The topological polar surface area (TPSA) is 24.0 Å². The number of nitrogens with zero attached hydrogens (tertiary/aromatic N) is 3. The molecule has 0 aliphatic heterocycles. The Morgan fingerprint density at radius 3 is 1.19 bits per heavy atom. The molecule has 4 nitrogen and oxygen atoms in total. The van der Waals surface area contributed by atoms with E-state index in [0.29, 0.717) is 0 Å². The lowest BCUT2D eigenvalue weighted by Gasteiger charge is -2.12. The van der Waals surface area contributed by atoms with E-state index in [9.17, 15) is 0 Å². The van der Waals surface area contributed by atoms with E-state index < -0.39 is 0 Å². The van der Waals surface area contributed by atoms with E-state index in [1.54, 1.807) is 0 Å². The molecule has 0 bridgehead atoms. The maximum atomic E-state index is 7.12. The van der Waals surface area contributed by atoms with Crippen LogP contribution in [-0.4, -0.2) is 13.7 Å². The molecule has 0 unspecified atom stereocenters. The van der Waals surface area contributed by atoms with Crippen molar-refractivity contribution in [2.45, 2.75) is 0 Å². The largest absolute Gasteiger partial charge is 0.456 e. The maximum Gasteiger partial charge on any atom is 0.137 e. The molecule has 0 N–H and O–H groups in total. The molecule has 5 heteroatoms. The summed E-state index contributed by atoms with van der Waals surface area (Å²) in [6.07, 6.45) is 0. The highest BCUT2D eigenvalue weighted by Crippen LogP contribution is 2.45. The smallest absolute Gasteiger partial charge is 0.137 e. The van der Waals surface area contributed by atoms with Crippen LogP contribution in [0.5, 0.6) is 11.5 Å². The number of hydrogen-bond donors (Lipinski definition) is 0. The van der Waals surface area contributed by atoms with E-state index in [0.717, 1.165) is 66.5 Å². The summed E-state index contributed by atoms with van der Waals surface area (Å²) in [4.78, 5) is 0. The highest BCUT2D eigenvalue weighted by atomic mass is 32.1. The lowest BCUT2D eigenvalue weighted by molar-refractivity contribution is 0.495. The minimum absolute atomic E-state index is 0.833. The summed E-state index contributed by atoms with van der Waals surface area (Å²) in [6.45, 7) is 0. The van der Waals surface area contributed by atoms with E-state index in [4.69, 9.17) is 4.74 Å². The summed E-state index contributed by atoms with van der Waals surface area (Å²) in [5.74, 6) is 1.67. The van der Waals surface area contributed by atoms with Crippen LogP contribution in [0.2, 0.25) is 0 Å². The second kappa shape index (κ2) is 12.4. The summed E-state index contributed by atoms with van der Waals surface area (Å²) in [6, 6.07) is 72.1. The maximum absolute atomic E-state index is 7.12. The van der Waals surface area contributed by atoms with Gasteiger partial charge in [0.15, 0.2) is 0 Å². The third kappa shape index (κ3) is 4.71. The van der Waals surface area contributed by atoms with Gasteiger partial charge in [0.05, 0.1) is 43.9 Å². The Kier molecular flexibility index (Phi) is 6.85. The molecule has 0 aliphatic rings. The number of ether oxygens (including phenoxy) is 1. The molecule has 4 heterocycles. The molecule has 0 aliphatic carbocycles. The van der Waals surface area contributed by atoms with Gasteiger partial charge in [0.1, 0.15) is 11.5 Å². The first-order chi connectivity index (χ1) is 29.3. The van der Waals surface area contributed by atoms with Crippen molar-refractivity contribution < 1.29 is 4.74 Å². The quantitative estimate of drug-likeness (QED) is 0.171. The SMILES string of the molecule is c1ccc(-n2c3ccccc3c3c(Oc4cccc5c4c4ccccc4n5-c4ccc5sc6ccc(-n7c8ccccc8c8ccccc87)cc6c5c4)cccc32)cc1. The molecular weight excluding hydrogens is 739 g/mol. The molecule has 0 amide bonds. The fourth-order valence-corrected chi connectivity index (χ4v) is 10.7. The van der Waals surface area contributed by atoms with Crippen LogP contribution in [0.3, 0.4) is 0 Å². The summed E-state index contributed by atoms with van der Waals surface area (Å²) in [5.41, 5.74) is 10.4. The minimum atomic E-state index is 0.833. The lowest BCUT2D eigenvalue weighted by atomic mass is 10.1. The van der Waals surface area contributed by atoms with Gasteiger partial charge in [-0.25, -0.2) is 0 Å². The van der Waals surface area contributed by atoms with Gasteiger partial charge in [-0.05, 0) is 97.1 Å².